The number of amides is 1. The maximum Gasteiger partial charge on any atom is 0.416 e. The number of hydrogen-bond acceptors (Lipinski definition) is 4. The van der Waals surface area contributed by atoms with Crippen molar-refractivity contribution in [3.8, 4) is 0 Å². The molecule has 2 aromatic carbocycles. The fourth-order valence-electron chi connectivity index (χ4n) is 3.65. The Labute approximate surface area is 188 Å². The van der Waals surface area contributed by atoms with Gasteiger partial charge in [0.2, 0.25) is 16.5 Å². The molecule has 0 saturated heterocycles. The van der Waals surface area contributed by atoms with E-state index >= 15 is 0 Å². The maximum absolute atomic E-state index is 13.7. The van der Waals surface area contributed by atoms with Crippen LogP contribution in [-0.2, 0) is 23.9 Å². The third-order valence-electron chi connectivity index (χ3n) is 5.13. The van der Waals surface area contributed by atoms with Crippen LogP contribution in [0.2, 0.25) is 0 Å². The van der Waals surface area contributed by atoms with Crippen LogP contribution in [0.3, 0.4) is 0 Å². The number of rotatable bonds is 6. The van der Waals surface area contributed by atoms with E-state index in [1.165, 1.54) is 39.3 Å². The Hall–Kier alpha value is -3.54. The number of halogens is 4. The molecule has 33 heavy (non-hydrogen) atoms. The summed E-state index contributed by atoms with van der Waals surface area (Å²) in [6.07, 6.45) is -4.70. The lowest BCUT2D eigenvalue weighted by molar-refractivity contribution is -0.138. The molecule has 0 aliphatic rings. The third kappa shape index (κ3) is 4.51. The minimum absolute atomic E-state index is 0.109. The molecule has 0 unspecified atom stereocenters. The Morgan fingerprint density at radius 1 is 1.18 bits per heavy atom. The molecular weight excluding hydrogens is 462 g/mol. The van der Waals surface area contributed by atoms with Crippen LogP contribution in [0, 0.1) is 10.6 Å². The first-order valence-electron chi connectivity index (χ1n) is 9.88. The lowest BCUT2D eigenvalue weighted by Crippen LogP contribution is -2.29. The number of nitrogens with one attached hydrogen (secondary N) is 2. The first kappa shape index (κ1) is 22.6. The van der Waals surface area contributed by atoms with E-state index in [0.29, 0.717) is 5.52 Å². The number of aromatic nitrogens is 4. The number of alkyl halides is 3. The van der Waals surface area contributed by atoms with Crippen LogP contribution in [0.15, 0.2) is 47.3 Å². The van der Waals surface area contributed by atoms with Gasteiger partial charge in [-0.15, -0.1) is 5.10 Å². The summed E-state index contributed by atoms with van der Waals surface area (Å²) in [4.78, 5) is 25.1. The zero-order chi connectivity index (χ0) is 23.8. The minimum atomic E-state index is -4.55. The molecule has 0 saturated carbocycles. The Morgan fingerprint density at radius 3 is 2.70 bits per heavy atom. The summed E-state index contributed by atoms with van der Waals surface area (Å²) in [5.41, 5.74) is -1.05. The number of carbonyl (C=O) groups excluding carboxylic acids is 1. The molecule has 0 aliphatic heterocycles. The Bertz CT molecular complexity index is 1470. The number of benzene rings is 2. The molecule has 2 aromatic heterocycles. The number of nitrogens with zero attached hydrogens (tertiary/aromatic N) is 3. The van der Waals surface area contributed by atoms with Crippen molar-refractivity contribution >= 4 is 34.8 Å². The van der Waals surface area contributed by atoms with Crippen molar-refractivity contribution in [3.05, 3.63) is 74.5 Å². The molecule has 0 spiro atoms. The maximum atomic E-state index is 13.7. The number of aryl methyl sites for hydroxylation is 1. The lowest BCUT2D eigenvalue weighted by Gasteiger charge is -2.13. The normalized spacial score (nSPS) is 11.9. The monoisotopic (exact) mass is 479 g/mol. The third-order valence-corrected chi connectivity index (χ3v) is 5.40. The number of H-pyrrole nitrogens is 1. The van der Waals surface area contributed by atoms with E-state index in [0.717, 1.165) is 12.1 Å². The second-order valence-corrected chi connectivity index (χ2v) is 7.70. The fraction of sp³-hybridized carbons (Fsp3) is 0.238. The zero-order valence-corrected chi connectivity index (χ0v) is 17.8. The van der Waals surface area contributed by atoms with E-state index in [2.05, 4.69) is 15.5 Å². The standard InChI is InChI=1S/C21H17F4N5O2S/c22-13-6-7-16-14(11-13)18(32)29(19-27-28-20(33)30(16)19)9-3-8-26-17(31)10-12-4-1-2-5-15(12)21(23,24)25/h1-2,4-7,11H,3,8-10H2,(H,26,31)(H,28,33). The topological polar surface area (TPSA) is 84.2 Å². The van der Waals surface area contributed by atoms with E-state index in [1.54, 1.807) is 0 Å². The number of aromatic amines is 1. The molecule has 0 bridgehead atoms. The van der Waals surface area contributed by atoms with Gasteiger partial charge in [-0.25, -0.2) is 9.49 Å². The average Bonchev–Trinajstić information content (AvgIpc) is 3.14. The second kappa shape index (κ2) is 8.77. The molecule has 0 radical (unpaired) electrons. The van der Waals surface area contributed by atoms with Gasteiger partial charge in [-0.2, -0.15) is 13.2 Å². The molecule has 0 aliphatic carbocycles. The molecule has 12 heteroatoms. The van der Waals surface area contributed by atoms with Crippen LogP contribution in [0.4, 0.5) is 17.6 Å². The molecule has 2 heterocycles. The smallest absolute Gasteiger partial charge is 0.356 e. The molecular formula is C21H17F4N5O2S. The Kier molecular flexibility index (Phi) is 6.02. The molecule has 4 rings (SSSR count). The van der Waals surface area contributed by atoms with Crippen LogP contribution in [0.25, 0.3) is 16.7 Å². The first-order valence-corrected chi connectivity index (χ1v) is 10.3. The second-order valence-electron chi connectivity index (χ2n) is 7.32. The molecule has 172 valence electrons. The quantitative estimate of drug-likeness (QED) is 0.251. The zero-order valence-electron chi connectivity index (χ0n) is 16.9. The van der Waals surface area contributed by atoms with Crippen molar-refractivity contribution in [2.75, 3.05) is 6.54 Å². The van der Waals surface area contributed by atoms with Gasteiger partial charge < -0.3 is 5.32 Å². The Morgan fingerprint density at radius 2 is 1.94 bits per heavy atom. The van der Waals surface area contributed by atoms with Crippen molar-refractivity contribution in [2.24, 2.45) is 0 Å². The van der Waals surface area contributed by atoms with E-state index in [4.69, 9.17) is 12.2 Å². The van der Waals surface area contributed by atoms with E-state index in [-0.39, 0.29) is 41.0 Å². The highest BCUT2D eigenvalue weighted by molar-refractivity contribution is 7.71. The Balaban J connectivity index is 1.48. The van der Waals surface area contributed by atoms with Gasteiger partial charge in [0, 0.05) is 13.1 Å². The van der Waals surface area contributed by atoms with Gasteiger partial charge in [-0.1, -0.05) is 18.2 Å². The summed E-state index contributed by atoms with van der Waals surface area (Å²) in [6.45, 7) is 0.228. The van der Waals surface area contributed by atoms with E-state index in [1.807, 2.05) is 0 Å². The molecule has 0 atom stereocenters. The summed E-state index contributed by atoms with van der Waals surface area (Å²) in [7, 11) is 0. The van der Waals surface area contributed by atoms with Crippen molar-refractivity contribution in [2.45, 2.75) is 25.6 Å². The largest absolute Gasteiger partial charge is 0.416 e. The number of carbonyl (C=O) groups is 1. The highest BCUT2D eigenvalue weighted by Gasteiger charge is 2.33. The van der Waals surface area contributed by atoms with E-state index < -0.39 is 35.4 Å². The van der Waals surface area contributed by atoms with Crippen molar-refractivity contribution in [3.63, 3.8) is 0 Å². The van der Waals surface area contributed by atoms with Gasteiger partial charge in [0.1, 0.15) is 5.82 Å². The van der Waals surface area contributed by atoms with Gasteiger partial charge in [0.15, 0.2) is 0 Å². The van der Waals surface area contributed by atoms with Gasteiger partial charge in [-0.3, -0.25) is 18.6 Å². The molecule has 4 aromatic rings. The lowest BCUT2D eigenvalue weighted by atomic mass is 10.0. The molecule has 0 fully saturated rings. The van der Waals surface area contributed by atoms with Gasteiger partial charge in [0.05, 0.1) is 22.9 Å². The SMILES string of the molecule is O=C(Cc1ccccc1C(F)(F)F)NCCCn1c(=O)c2cc(F)ccc2n2c(=S)[nH]nc12. The van der Waals surface area contributed by atoms with Gasteiger partial charge in [-0.05, 0) is 48.5 Å². The summed E-state index contributed by atoms with van der Waals surface area (Å²) in [5.74, 6) is -0.923. The molecule has 7 nitrogen and oxygen atoms in total. The van der Waals surface area contributed by atoms with Crippen molar-refractivity contribution < 1.29 is 22.4 Å². The molecule has 1 amide bonds. The van der Waals surface area contributed by atoms with Crippen LogP contribution < -0.4 is 10.9 Å². The fourth-order valence-corrected chi connectivity index (χ4v) is 3.88. The van der Waals surface area contributed by atoms with Crippen molar-refractivity contribution in [1.82, 2.24) is 24.5 Å². The van der Waals surface area contributed by atoms with Crippen LogP contribution in [-0.4, -0.2) is 31.6 Å². The van der Waals surface area contributed by atoms with Crippen molar-refractivity contribution in [1.29, 1.82) is 0 Å². The summed E-state index contributed by atoms with van der Waals surface area (Å²) in [5, 5.41) is 9.36. The number of fused-ring (bicyclic) bond motifs is 3. The number of hydrogen-bond donors (Lipinski definition) is 2. The summed E-state index contributed by atoms with van der Waals surface area (Å²) >= 11 is 5.22. The predicted molar refractivity (Wildman–Crippen MR) is 115 cm³/mol. The molecule has 2 N–H and O–H groups in total. The van der Waals surface area contributed by atoms with E-state index in [9.17, 15) is 27.2 Å². The minimum Gasteiger partial charge on any atom is -0.356 e. The van der Waals surface area contributed by atoms with Crippen LogP contribution in [0.5, 0.6) is 0 Å². The summed E-state index contributed by atoms with van der Waals surface area (Å²) < 4.78 is 56.0. The predicted octanol–water partition coefficient (Wildman–Crippen LogP) is 3.61. The highest BCUT2D eigenvalue weighted by Crippen LogP contribution is 2.32. The first-order chi connectivity index (χ1) is 15.7. The van der Waals surface area contributed by atoms with Gasteiger partial charge in [0.25, 0.3) is 5.56 Å². The highest BCUT2D eigenvalue weighted by atomic mass is 32.1. The van der Waals surface area contributed by atoms with Gasteiger partial charge >= 0.3 is 6.18 Å². The van der Waals surface area contributed by atoms with Crippen LogP contribution >= 0.6 is 12.2 Å². The average molecular weight is 479 g/mol. The van der Waals surface area contributed by atoms with Crippen LogP contribution in [0.1, 0.15) is 17.5 Å². The summed E-state index contributed by atoms with van der Waals surface area (Å²) in [6, 6.07) is 8.65.